The lowest BCUT2D eigenvalue weighted by Gasteiger charge is -2.23. The zero-order valence-electron chi connectivity index (χ0n) is 14.3. The van der Waals surface area contributed by atoms with Crippen LogP contribution >= 0.6 is 0 Å². The Balaban J connectivity index is 2.14. The predicted molar refractivity (Wildman–Crippen MR) is 89.9 cm³/mol. The fourth-order valence-corrected chi connectivity index (χ4v) is 2.55. The van der Waals surface area contributed by atoms with Gasteiger partial charge in [0.05, 0.1) is 12.6 Å². The molecule has 4 nitrogen and oxygen atoms in total. The molecule has 3 unspecified atom stereocenters. The van der Waals surface area contributed by atoms with Crippen molar-refractivity contribution in [2.45, 2.75) is 31.9 Å². The van der Waals surface area contributed by atoms with E-state index in [4.69, 9.17) is 0 Å². The highest BCUT2D eigenvalue weighted by Crippen LogP contribution is 2.22. The van der Waals surface area contributed by atoms with Crippen molar-refractivity contribution in [2.75, 3.05) is 6.61 Å². The maximum absolute atomic E-state index is 13.4. The van der Waals surface area contributed by atoms with Gasteiger partial charge in [0.1, 0.15) is 6.10 Å². The normalized spacial score (nSPS) is 14.6. The van der Waals surface area contributed by atoms with E-state index in [2.05, 4.69) is 5.32 Å². The number of aliphatic hydroxyl groups excluding tert-OH is 2. The van der Waals surface area contributed by atoms with Crippen molar-refractivity contribution < 1.29 is 28.2 Å². The Morgan fingerprint density at radius 3 is 2.12 bits per heavy atom. The Kier molecular flexibility index (Phi) is 6.39. The number of rotatable bonds is 6. The number of hydrogen-bond acceptors (Lipinski definition) is 3. The fourth-order valence-electron chi connectivity index (χ4n) is 2.55. The largest absolute Gasteiger partial charge is 0.394 e. The van der Waals surface area contributed by atoms with E-state index in [9.17, 15) is 28.2 Å². The van der Waals surface area contributed by atoms with Gasteiger partial charge in [-0.2, -0.15) is 0 Å². The molecule has 1 amide bonds. The summed E-state index contributed by atoms with van der Waals surface area (Å²) >= 11 is 0. The van der Waals surface area contributed by atoms with E-state index in [0.29, 0.717) is 12.1 Å². The van der Waals surface area contributed by atoms with Crippen LogP contribution in [-0.2, 0) is 4.79 Å². The molecular weight excluding hydrogens is 347 g/mol. The summed E-state index contributed by atoms with van der Waals surface area (Å²) in [6.07, 6.45) is -1.44. The maximum Gasteiger partial charge on any atom is 0.250 e. The number of aryl methyl sites for hydroxylation is 1. The molecule has 26 heavy (non-hydrogen) atoms. The molecule has 0 aliphatic rings. The molecular formula is C19H20F3NO3. The number of amides is 1. The standard InChI is InChI=1S/C19H20F3NO3/c1-10-3-5-12(6-4-10)11(2)18(25)19(26)23-16(9-24)13-7-14(20)17(22)15(21)8-13/h3-8,11,16,18,24-25H,9H2,1-2H3,(H,23,26). The number of benzene rings is 2. The van der Waals surface area contributed by atoms with E-state index in [1.807, 2.05) is 19.1 Å². The Labute approximate surface area is 149 Å². The third-order valence-electron chi connectivity index (χ3n) is 4.25. The molecule has 0 saturated heterocycles. The predicted octanol–water partition coefficient (Wildman–Crippen LogP) is 2.73. The number of hydrogen-bond donors (Lipinski definition) is 3. The van der Waals surface area contributed by atoms with Gasteiger partial charge in [0, 0.05) is 5.92 Å². The summed E-state index contributed by atoms with van der Waals surface area (Å²) in [5.74, 6) is -5.86. The quantitative estimate of drug-likeness (QED) is 0.688. The zero-order chi connectivity index (χ0) is 19.4. The molecule has 140 valence electrons. The van der Waals surface area contributed by atoms with Gasteiger partial charge in [-0.05, 0) is 30.2 Å². The van der Waals surface area contributed by atoms with Gasteiger partial charge >= 0.3 is 0 Å². The highest BCUT2D eigenvalue weighted by Gasteiger charge is 2.27. The van der Waals surface area contributed by atoms with Crippen LogP contribution in [0.4, 0.5) is 13.2 Å². The van der Waals surface area contributed by atoms with Gasteiger partial charge in [-0.15, -0.1) is 0 Å². The smallest absolute Gasteiger partial charge is 0.250 e. The van der Waals surface area contributed by atoms with Gasteiger partial charge in [0.15, 0.2) is 17.5 Å². The number of halogens is 3. The van der Waals surface area contributed by atoms with Gasteiger partial charge in [-0.3, -0.25) is 4.79 Å². The molecule has 0 fully saturated rings. The van der Waals surface area contributed by atoms with Crippen LogP contribution in [0.2, 0.25) is 0 Å². The first-order valence-corrected chi connectivity index (χ1v) is 8.05. The summed E-state index contributed by atoms with van der Waals surface area (Å²) < 4.78 is 39.8. The number of carbonyl (C=O) groups excluding carboxylic acids is 1. The van der Waals surface area contributed by atoms with Crippen LogP contribution in [0.25, 0.3) is 0 Å². The Bertz CT molecular complexity index is 757. The molecule has 0 bridgehead atoms. The minimum absolute atomic E-state index is 0.146. The van der Waals surface area contributed by atoms with E-state index in [1.165, 1.54) is 0 Å². The summed E-state index contributed by atoms with van der Waals surface area (Å²) in [7, 11) is 0. The third-order valence-corrected chi connectivity index (χ3v) is 4.25. The van der Waals surface area contributed by atoms with Gasteiger partial charge in [-0.25, -0.2) is 13.2 Å². The first-order chi connectivity index (χ1) is 12.2. The minimum atomic E-state index is -1.63. The lowest BCUT2D eigenvalue weighted by Crippen LogP contribution is -2.41. The number of aliphatic hydroxyl groups is 2. The lowest BCUT2D eigenvalue weighted by atomic mass is 9.93. The molecule has 0 radical (unpaired) electrons. The molecule has 2 aromatic rings. The van der Waals surface area contributed by atoms with Crippen molar-refractivity contribution >= 4 is 5.91 Å². The molecule has 0 aliphatic heterocycles. The van der Waals surface area contributed by atoms with Gasteiger partial charge in [-0.1, -0.05) is 36.8 Å². The van der Waals surface area contributed by atoms with Crippen LogP contribution in [-0.4, -0.2) is 28.8 Å². The van der Waals surface area contributed by atoms with Gasteiger partial charge in [0.25, 0.3) is 0 Å². The van der Waals surface area contributed by atoms with Crippen LogP contribution in [0.15, 0.2) is 36.4 Å². The Morgan fingerprint density at radius 1 is 1.08 bits per heavy atom. The van der Waals surface area contributed by atoms with Crippen molar-refractivity contribution in [2.24, 2.45) is 0 Å². The first-order valence-electron chi connectivity index (χ1n) is 8.05. The van der Waals surface area contributed by atoms with Crippen LogP contribution in [0.1, 0.15) is 35.6 Å². The lowest BCUT2D eigenvalue weighted by molar-refractivity contribution is -0.131. The monoisotopic (exact) mass is 367 g/mol. The average Bonchev–Trinajstić information content (AvgIpc) is 2.62. The van der Waals surface area contributed by atoms with E-state index >= 15 is 0 Å². The number of carbonyl (C=O) groups is 1. The van der Waals surface area contributed by atoms with E-state index in [-0.39, 0.29) is 5.56 Å². The first kappa shape index (κ1) is 19.9. The summed E-state index contributed by atoms with van der Waals surface area (Å²) in [5.41, 5.74) is 1.62. The Hall–Kier alpha value is -2.38. The SMILES string of the molecule is Cc1ccc(C(C)C(O)C(=O)NC(CO)c2cc(F)c(F)c(F)c2)cc1. The van der Waals surface area contributed by atoms with Gasteiger partial charge < -0.3 is 15.5 Å². The van der Waals surface area contributed by atoms with Crippen LogP contribution in [0.5, 0.6) is 0 Å². The highest BCUT2D eigenvalue weighted by molar-refractivity contribution is 5.82. The Morgan fingerprint density at radius 2 is 1.62 bits per heavy atom. The van der Waals surface area contributed by atoms with Crippen molar-refractivity contribution in [3.63, 3.8) is 0 Å². The van der Waals surface area contributed by atoms with Gasteiger partial charge in [0.2, 0.25) is 5.91 Å². The molecule has 0 heterocycles. The van der Waals surface area contributed by atoms with Crippen LogP contribution in [0.3, 0.4) is 0 Å². The summed E-state index contributed by atoms with van der Waals surface area (Å²) in [5, 5.41) is 22.0. The second-order valence-corrected chi connectivity index (χ2v) is 6.19. The minimum Gasteiger partial charge on any atom is -0.394 e. The molecule has 7 heteroatoms. The molecule has 0 spiro atoms. The van der Waals surface area contributed by atoms with Crippen molar-refractivity contribution in [3.8, 4) is 0 Å². The second kappa shape index (κ2) is 8.33. The fraction of sp³-hybridized carbons (Fsp3) is 0.316. The maximum atomic E-state index is 13.4. The van der Waals surface area contributed by atoms with E-state index in [1.54, 1.807) is 19.1 Å². The third kappa shape index (κ3) is 4.42. The molecule has 0 aromatic heterocycles. The van der Waals surface area contributed by atoms with Crippen molar-refractivity contribution in [1.29, 1.82) is 0 Å². The van der Waals surface area contributed by atoms with Crippen molar-refractivity contribution in [1.82, 2.24) is 5.32 Å². The van der Waals surface area contributed by atoms with Crippen molar-refractivity contribution in [3.05, 3.63) is 70.5 Å². The molecule has 0 saturated carbocycles. The highest BCUT2D eigenvalue weighted by atomic mass is 19.2. The number of nitrogens with one attached hydrogen (secondary N) is 1. The molecule has 3 atom stereocenters. The summed E-state index contributed by atoms with van der Waals surface area (Å²) in [6.45, 7) is 2.88. The zero-order valence-corrected chi connectivity index (χ0v) is 14.3. The van der Waals surface area contributed by atoms with E-state index < -0.39 is 48.0 Å². The van der Waals surface area contributed by atoms with Crippen LogP contribution < -0.4 is 5.32 Å². The summed E-state index contributed by atoms with van der Waals surface area (Å²) in [6, 6.07) is 7.45. The average molecular weight is 367 g/mol. The second-order valence-electron chi connectivity index (χ2n) is 6.19. The van der Waals surface area contributed by atoms with Crippen LogP contribution in [0, 0.1) is 24.4 Å². The molecule has 2 rings (SSSR count). The molecule has 3 N–H and O–H groups in total. The topological polar surface area (TPSA) is 69.6 Å². The summed E-state index contributed by atoms with van der Waals surface area (Å²) in [4.78, 5) is 12.3. The molecule has 0 aliphatic carbocycles. The van der Waals surface area contributed by atoms with E-state index in [0.717, 1.165) is 11.1 Å². The molecule has 2 aromatic carbocycles.